The zero-order valence-corrected chi connectivity index (χ0v) is 21.7. The largest absolute Gasteiger partial charge is 0.573 e. The first-order chi connectivity index (χ1) is 18.5. The summed E-state index contributed by atoms with van der Waals surface area (Å²) in [7, 11) is 1.67. The molecule has 6 nitrogen and oxygen atoms in total. The summed E-state index contributed by atoms with van der Waals surface area (Å²) in [5.74, 6) is -2.15. The van der Waals surface area contributed by atoms with Crippen LogP contribution in [0.5, 0.6) is 5.75 Å². The number of hydrogen-bond donors (Lipinski definition) is 1. The monoisotopic (exact) mass is 563 g/mol. The molecule has 1 fully saturated rings. The number of ether oxygens (including phenoxy) is 1. The van der Waals surface area contributed by atoms with Crippen LogP contribution in [0.1, 0.15) is 30.4 Å². The van der Waals surface area contributed by atoms with Gasteiger partial charge in [-0.05, 0) is 60.4 Å². The van der Waals surface area contributed by atoms with Crippen LogP contribution in [-0.4, -0.2) is 35.1 Å². The predicted octanol–water partition coefficient (Wildman–Crippen LogP) is 6.13. The van der Waals surface area contributed by atoms with Crippen molar-refractivity contribution in [3.8, 4) is 17.0 Å². The Morgan fingerprint density at radius 1 is 1.05 bits per heavy atom. The first-order valence-electron chi connectivity index (χ1n) is 12.3. The second-order valence-electron chi connectivity index (χ2n) is 9.42. The molecule has 0 spiro atoms. The summed E-state index contributed by atoms with van der Waals surface area (Å²) in [5, 5.41) is 3.05. The van der Waals surface area contributed by atoms with Crippen molar-refractivity contribution >= 4 is 23.4 Å². The Kier molecular flexibility index (Phi) is 8.74. The minimum atomic E-state index is -4.77. The van der Waals surface area contributed by atoms with E-state index in [4.69, 9.17) is 11.6 Å². The second-order valence-corrected chi connectivity index (χ2v) is 9.83. The van der Waals surface area contributed by atoms with E-state index in [1.54, 1.807) is 30.3 Å². The van der Waals surface area contributed by atoms with Crippen molar-refractivity contribution in [2.24, 2.45) is 11.8 Å². The smallest absolute Gasteiger partial charge is 0.406 e. The summed E-state index contributed by atoms with van der Waals surface area (Å²) in [6.07, 6.45) is -1.25. The maximum Gasteiger partial charge on any atom is 0.573 e. The Labute approximate surface area is 227 Å². The van der Waals surface area contributed by atoms with Crippen LogP contribution in [0, 0.1) is 17.7 Å². The van der Waals surface area contributed by atoms with Crippen LogP contribution in [-0.2, 0) is 22.7 Å². The molecule has 1 saturated carbocycles. The molecule has 1 aliphatic carbocycles. The van der Waals surface area contributed by atoms with Crippen molar-refractivity contribution in [2.45, 2.75) is 38.7 Å². The van der Waals surface area contributed by atoms with Crippen LogP contribution >= 0.6 is 11.6 Å². The van der Waals surface area contributed by atoms with E-state index in [1.807, 2.05) is 6.07 Å². The lowest BCUT2D eigenvalue weighted by Crippen LogP contribution is -2.40. The highest BCUT2D eigenvalue weighted by molar-refractivity contribution is 6.33. The Bertz CT molecular complexity index is 1320. The van der Waals surface area contributed by atoms with Gasteiger partial charge in [0.25, 0.3) is 0 Å². The van der Waals surface area contributed by atoms with Gasteiger partial charge in [-0.25, -0.2) is 4.39 Å². The molecule has 1 aliphatic rings. The molecule has 2 amide bonds. The molecule has 206 valence electrons. The van der Waals surface area contributed by atoms with Crippen LogP contribution in [0.2, 0.25) is 5.02 Å². The van der Waals surface area contributed by atoms with E-state index in [1.165, 1.54) is 36.4 Å². The van der Waals surface area contributed by atoms with E-state index in [-0.39, 0.29) is 29.1 Å². The van der Waals surface area contributed by atoms with Crippen LogP contribution in [0.4, 0.5) is 17.6 Å². The summed E-state index contributed by atoms with van der Waals surface area (Å²) in [6, 6.07) is 12.9. The van der Waals surface area contributed by atoms with Crippen LogP contribution in [0.25, 0.3) is 11.3 Å². The number of hydrogen-bond acceptors (Lipinski definition) is 4. The van der Waals surface area contributed by atoms with Crippen molar-refractivity contribution in [2.75, 3.05) is 7.05 Å². The van der Waals surface area contributed by atoms with Crippen LogP contribution < -0.4 is 10.1 Å². The first-order valence-corrected chi connectivity index (χ1v) is 12.7. The normalized spacial score (nSPS) is 17.1. The average molecular weight is 564 g/mol. The van der Waals surface area contributed by atoms with Crippen molar-refractivity contribution < 1.29 is 31.9 Å². The number of rotatable bonds is 8. The molecule has 0 aliphatic heterocycles. The van der Waals surface area contributed by atoms with Gasteiger partial charge in [0.05, 0.1) is 10.7 Å². The molecule has 0 saturated heterocycles. The van der Waals surface area contributed by atoms with Crippen molar-refractivity contribution in [3.05, 3.63) is 82.8 Å². The van der Waals surface area contributed by atoms with Crippen LogP contribution in [0.3, 0.4) is 0 Å². The van der Waals surface area contributed by atoms with Gasteiger partial charge in [-0.3, -0.25) is 14.6 Å². The lowest BCUT2D eigenvalue weighted by atomic mass is 9.93. The molecular formula is C28H26ClF4N3O3. The first kappa shape index (κ1) is 28.4. The summed E-state index contributed by atoms with van der Waals surface area (Å²) in [6.45, 7) is 0.412. The number of aromatic nitrogens is 1. The topological polar surface area (TPSA) is 71.5 Å². The summed E-state index contributed by atoms with van der Waals surface area (Å²) >= 11 is 6.12. The van der Waals surface area contributed by atoms with Gasteiger partial charge in [0.15, 0.2) is 0 Å². The fraction of sp³-hybridized carbons (Fsp3) is 0.321. The number of alkyl halides is 3. The zero-order valence-electron chi connectivity index (χ0n) is 21.0. The maximum atomic E-state index is 13.3. The Balaban J connectivity index is 1.32. The van der Waals surface area contributed by atoms with Gasteiger partial charge in [0.2, 0.25) is 11.8 Å². The Morgan fingerprint density at radius 3 is 2.38 bits per heavy atom. The number of nitrogens with one attached hydrogen (secondary N) is 1. The van der Waals surface area contributed by atoms with Gasteiger partial charge in [-0.2, -0.15) is 0 Å². The minimum absolute atomic E-state index is 0.120. The fourth-order valence-corrected chi connectivity index (χ4v) is 4.97. The highest BCUT2D eigenvalue weighted by Gasteiger charge is 2.39. The number of benzene rings is 2. The van der Waals surface area contributed by atoms with E-state index >= 15 is 0 Å². The minimum Gasteiger partial charge on any atom is -0.406 e. The van der Waals surface area contributed by atoms with Gasteiger partial charge in [-0.15, -0.1) is 13.2 Å². The van der Waals surface area contributed by atoms with Gasteiger partial charge >= 0.3 is 6.36 Å². The third kappa shape index (κ3) is 7.47. The van der Waals surface area contributed by atoms with Gasteiger partial charge in [0, 0.05) is 43.7 Å². The summed E-state index contributed by atoms with van der Waals surface area (Å²) in [5.41, 5.74) is 2.56. The molecule has 39 heavy (non-hydrogen) atoms. The molecule has 2 aromatic carbocycles. The van der Waals surface area contributed by atoms with E-state index < -0.39 is 24.0 Å². The van der Waals surface area contributed by atoms with Gasteiger partial charge < -0.3 is 15.0 Å². The number of halogens is 5. The van der Waals surface area contributed by atoms with Gasteiger partial charge in [-0.1, -0.05) is 36.2 Å². The molecule has 1 N–H and O–H groups in total. The molecule has 4 rings (SSSR count). The molecule has 2 atom stereocenters. The van der Waals surface area contributed by atoms with Crippen molar-refractivity contribution in [1.29, 1.82) is 0 Å². The summed E-state index contributed by atoms with van der Waals surface area (Å²) in [4.78, 5) is 32.1. The molecule has 0 radical (unpaired) electrons. The lowest BCUT2D eigenvalue weighted by Gasteiger charge is -2.25. The van der Waals surface area contributed by atoms with Gasteiger partial charge in [0.1, 0.15) is 11.6 Å². The molecule has 3 aromatic rings. The van der Waals surface area contributed by atoms with E-state index in [2.05, 4.69) is 15.0 Å². The number of amides is 2. The van der Waals surface area contributed by atoms with E-state index in [0.717, 1.165) is 12.0 Å². The molecule has 0 bridgehead atoms. The van der Waals surface area contributed by atoms with Crippen molar-refractivity contribution in [1.82, 2.24) is 15.2 Å². The van der Waals surface area contributed by atoms with Crippen molar-refractivity contribution in [3.63, 3.8) is 0 Å². The number of carbonyl (C=O) groups is 2. The summed E-state index contributed by atoms with van der Waals surface area (Å²) < 4.78 is 54.2. The zero-order chi connectivity index (χ0) is 28.2. The molecule has 1 aromatic heterocycles. The van der Waals surface area contributed by atoms with E-state index in [9.17, 15) is 27.2 Å². The highest BCUT2D eigenvalue weighted by atomic mass is 35.5. The highest BCUT2D eigenvalue weighted by Crippen LogP contribution is 2.34. The molecule has 1 heterocycles. The average Bonchev–Trinajstić information content (AvgIpc) is 3.37. The molecule has 11 heteroatoms. The second kappa shape index (κ2) is 12.0. The number of carbonyl (C=O) groups excluding carboxylic acids is 2. The quantitative estimate of drug-likeness (QED) is 0.335. The molecular weight excluding hydrogens is 538 g/mol. The van der Waals surface area contributed by atoms with Crippen LogP contribution in [0.15, 0.2) is 60.8 Å². The fourth-order valence-electron chi connectivity index (χ4n) is 4.71. The molecule has 2 unspecified atom stereocenters. The maximum absolute atomic E-state index is 13.3. The Hall–Kier alpha value is -3.66. The third-order valence-corrected chi connectivity index (χ3v) is 6.93. The number of pyridine rings is 1. The SMILES string of the molecule is CN(Cc1ccc(-c2ccc(F)cc2Cl)nc1)C(=O)C1CCCC1C(=O)NCc1ccc(OC(F)(F)F)cc1. The third-order valence-electron chi connectivity index (χ3n) is 6.62. The predicted molar refractivity (Wildman–Crippen MR) is 137 cm³/mol. The number of nitrogens with zero attached hydrogens (tertiary/aromatic N) is 2. The standard InChI is InChI=1S/C28H26ClF4N3O3/c1-36(16-18-7-12-25(34-15-18)23-11-8-19(30)13-24(23)29)27(38)22-4-2-3-21(22)26(37)35-14-17-5-9-20(10-6-17)39-28(31,32)33/h5-13,15,21-22H,2-4,14,16H2,1H3,(H,35,37). The lowest BCUT2D eigenvalue weighted by molar-refractivity contribution is -0.274. The Morgan fingerprint density at radius 2 is 1.74 bits per heavy atom. The van der Waals surface area contributed by atoms with E-state index in [0.29, 0.717) is 36.2 Å².